The van der Waals surface area contributed by atoms with Gasteiger partial charge in [-0.05, 0) is 45.2 Å². The Bertz CT molecular complexity index is 873. The molecule has 27 heavy (non-hydrogen) atoms. The number of rotatable bonds is 2. The molecule has 2 N–H and O–H groups in total. The standard InChI is InChI=1S/C18H25N3O5S/c1-18(2,3)26-17(22)21-9-5-7-13(10-21)25-14-8-4-6-12-11-27(23,24)20-16(19)15(12)14/h4,6,8,13H,5,7,9-11H2,1-3H3,(H2,19,20)/t13-/m1/s1. The number of amidine groups is 1. The number of benzene rings is 1. The van der Waals surface area contributed by atoms with Gasteiger partial charge in [0.25, 0.3) is 10.0 Å². The fourth-order valence-corrected chi connectivity index (χ4v) is 4.31. The van der Waals surface area contributed by atoms with Crippen LogP contribution in [0.25, 0.3) is 0 Å². The molecule has 0 spiro atoms. The van der Waals surface area contributed by atoms with Crippen molar-refractivity contribution in [3.63, 3.8) is 0 Å². The number of piperidine rings is 1. The third-order valence-electron chi connectivity index (χ3n) is 4.27. The maximum Gasteiger partial charge on any atom is 0.410 e. The Balaban J connectivity index is 1.76. The number of hydrogen-bond donors (Lipinski definition) is 1. The summed E-state index contributed by atoms with van der Waals surface area (Å²) in [5.41, 5.74) is 6.41. The Morgan fingerprint density at radius 1 is 1.33 bits per heavy atom. The number of amides is 1. The van der Waals surface area contributed by atoms with E-state index >= 15 is 0 Å². The zero-order valence-corrected chi connectivity index (χ0v) is 16.6. The first-order valence-corrected chi connectivity index (χ1v) is 10.5. The van der Waals surface area contributed by atoms with E-state index in [1.807, 2.05) is 20.8 Å². The Kier molecular flexibility index (Phi) is 5.07. The van der Waals surface area contributed by atoms with Crippen LogP contribution in [-0.4, -0.2) is 50.0 Å². The lowest BCUT2D eigenvalue weighted by molar-refractivity contribution is 0.00773. The summed E-state index contributed by atoms with van der Waals surface area (Å²) in [7, 11) is -3.59. The molecule has 2 aliphatic heterocycles. The van der Waals surface area contributed by atoms with Gasteiger partial charge >= 0.3 is 6.09 Å². The van der Waals surface area contributed by atoms with E-state index in [-0.39, 0.29) is 23.8 Å². The highest BCUT2D eigenvalue weighted by atomic mass is 32.2. The lowest BCUT2D eigenvalue weighted by Gasteiger charge is -2.34. The molecule has 1 aromatic carbocycles. The van der Waals surface area contributed by atoms with Crippen LogP contribution in [0.4, 0.5) is 4.79 Å². The van der Waals surface area contributed by atoms with Gasteiger partial charge in [0.15, 0.2) is 0 Å². The predicted molar refractivity (Wildman–Crippen MR) is 101 cm³/mol. The molecule has 3 rings (SSSR count). The number of nitrogens with two attached hydrogens (primary N) is 1. The van der Waals surface area contributed by atoms with E-state index in [2.05, 4.69) is 4.40 Å². The summed E-state index contributed by atoms with van der Waals surface area (Å²) in [4.78, 5) is 13.9. The highest BCUT2D eigenvalue weighted by Crippen LogP contribution is 2.30. The van der Waals surface area contributed by atoms with E-state index < -0.39 is 15.6 Å². The summed E-state index contributed by atoms with van der Waals surface area (Å²) >= 11 is 0. The summed E-state index contributed by atoms with van der Waals surface area (Å²) in [6.45, 7) is 6.50. The average molecular weight is 395 g/mol. The Labute approximate surface area is 159 Å². The van der Waals surface area contributed by atoms with Crippen molar-refractivity contribution in [2.75, 3.05) is 13.1 Å². The number of hydrogen-bond acceptors (Lipinski definition) is 6. The minimum atomic E-state index is -3.59. The first-order valence-electron chi connectivity index (χ1n) is 8.89. The molecule has 9 heteroatoms. The summed E-state index contributed by atoms with van der Waals surface area (Å²) in [6.07, 6.45) is 0.969. The van der Waals surface area contributed by atoms with Crippen LogP contribution in [0, 0.1) is 0 Å². The van der Waals surface area contributed by atoms with Gasteiger partial charge in [-0.15, -0.1) is 4.40 Å². The first kappa shape index (κ1) is 19.5. The van der Waals surface area contributed by atoms with Gasteiger partial charge in [0.1, 0.15) is 23.3 Å². The number of ether oxygens (including phenoxy) is 2. The molecule has 1 atom stereocenters. The quantitative estimate of drug-likeness (QED) is 0.820. The predicted octanol–water partition coefficient (Wildman–Crippen LogP) is 2.01. The van der Waals surface area contributed by atoms with Crippen LogP contribution in [0.5, 0.6) is 5.75 Å². The second-order valence-electron chi connectivity index (χ2n) is 7.80. The fourth-order valence-electron chi connectivity index (χ4n) is 3.22. The van der Waals surface area contributed by atoms with Gasteiger partial charge < -0.3 is 20.1 Å². The number of carbonyl (C=O) groups is 1. The normalized spacial score (nSPS) is 21.8. The monoisotopic (exact) mass is 395 g/mol. The average Bonchev–Trinajstić information content (AvgIpc) is 2.52. The van der Waals surface area contributed by atoms with Gasteiger partial charge in [-0.2, -0.15) is 0 Å². The Morgan fingerprint density at radius 3 is 2.78 bits per heavy atom. The van der Waals surface area contributed by atoms with Gasteiger partial charge in [0, 0.05) is 6.54 Å². The van der Waals surface area contributed by atoms with Crippen LogP contribution in [0.3, 0.4) is 0 Å². The third kappa shape index (κ3) is 4.71. The third-order valence-corrected chi connectivity index (χ3v) is 5.42. The van der Waals surface area contributed by atoms with Crippen LogP contribution < -0.4 is 10.5 Å². The van der Waals surface area contributed by atoms with E-state index in [9.17, 15) is 13.2 Å². The molecule has 2 heterocycles. The maximum absolute atomic E-state index is 12.3. The molecule has 1 aromatic rings. The minimum absolute atomic E-state index is 0.0633. The van der Waals surface area contributed by atoms with E-state index in [1.54, 1.807) is 23.1 Å². The number of carbonyl (C=O) groups excluding carboxylic acids is 1. The summed E-state index contributed by atoms with van der Waals surface area (Å²) in [6, 6.07) is 5.18. The molecule has 0 radical (unpaired) electrons. The largest absolute Gasteiger partial charge is 0.488 e. The number of fused-ring (bicyclic) bond motifs is 1. The smallest absolute Gasteiger partial charge is 0.410 e. The van der Waals surface area contributed by atoms with Crippen LogP contribution >= 0.6 is 0 Å². The molecule has 1 amide bonds. The van der Waals surface area contributed by atoms with Crippen molar-refractivity contribution < 1.29 is 22.7 Å². The Hall–Kier alpha value is -2.29. The minimum Gasteiger partial charge on any atom is -0.488 e. The molecular weight excluding hydrogens is 370 g/mol. The molecule has 0 unspecified atom stereocenters. The highest BCUT2D eigenvalue weighted by Gasteiger charge is 2.30. The van der Waals surface area contributed by atoms with E-state index in [4.69, 9.17) is 15.2 Å². The lowest BCUT2D eigenvalue weighted by Crippen LogP contribution is -2.46. The molecule has 1 saturated heterocycles. The molecule has 2 aliphatic rings. The van der Waals surface area contributed by atoms with Gasteiger partial charge in [-0.1, -0.05) is 12.1 Å². The van der Waals surface area contributed by atoms with Gasteiger partial charge in [-0.25, -0.2) is 13.2 Å². The molecule has 0 saturated carbocycles. The van der Waals surface area contributed by atoms with Gasteiger partial charge in [0.05, 0.1) is 17.9 Å². The van der Waals surface area contributed by atoms with Crippen molar-refractivity contribution >= 4 is 22.0 Å². The lowest BCUT2D eigenvalue weighted by atomic mass is 10.1. The van der Waals surface area contributed by atoms with Crippen LogP contribution in [-0.2, 0) is 20.5 Å². The van der Waals surface area contributed by atoms with Gasteiger partial charge in [0.2, 0.25) is 0 Å². The number of likely N-dealkylation sites (tertiary alicyclic amines) is 1. The van der Waals surface area contributed by atoms with Crippen molar-refractivity contribution in [1.29, 1.82) is 0 Å². The van der Waals surface area contributed by atoms with Crippen LogP contribution in [0.2, 0.25) is 0 Å². The van der Waals surface area contributed by atoms with Crippen molar-refractivity contribution in [2.45, 2.75) is 51.1 Å². The van der Waals surface area contributed by atoms with Crippen LogP contribution in [0.1, 0.15) is 44.7 Å². The van der Waals surface area contributed by atoms with Gasteiger partial charge in [-0.3, -0.25) is 0 Å². The van der Waals surface area contributed by atoms with E-state index in [0.29, 0.717) is 30.0 Å². The molecule has 0 aliphatic carbocycles. The summed E-state index contributed by atoms with van der Waals surface area (Å²) in [5, 5.41) is 0. The second kappa shape index (κ2) is 7.03. The van der Waals surface area contributed by atoms with E-state index in [1.165, 1.54) is 0 Å². The fraction of sp³-hybridized carbons (Fsp3) is 0.556. The first-order chi connectivity index (χ1) is 12.5. The van der Waals surface area contributed by atoms with Crippen LogP contribution in [0.15, 0.2) is 22.6 Å². The SMILES string of the molecule is CC(C)(C)OC(=O)N1CCC[C@@H](Oc2cccc3c2C(N)=NS(=O)(=O)C3)C1. The highest BCUT2D eigenvalue weighted by molar-refractivity contribution is 7.89. The molecular formula is C18H25N3O5S. The van der Waals surface area contributed by atoms with Crippen molar-refractivity contribution in [3.05, 3.63) is 29.3 Å². The van der Waals surface area contributed by atoms with Crippen molar-refractivity contribution in [3.8, 4) is 5.75 Å². The summed E-state index contributed by atoms with van der Waals surface area (Å²) in [5.74, 6) is 0.223. The number of sulfonamides is 1. The maximum atomic E-state index is 12.3. The topological polar surface area (TPSA) is 111 Å². The zero-order chi connectivity index (χ0) is 19.8. The molecule has 0 bridgehead atoms. The molecule has 148 valence electrons. The number of nitrogens with zero attached hydrogens (tertiary/aromatic N) is 2. The Morgan fingerprint density at radius 2 is 2.07 bits per heavy atom. The molecule has 1 fully saturated rings. The van der Waals surface area contributed by atoms with Crippen molar-refractivity contribution in [1.82, 2.24) is 4.90 Å². The molecule has 8 nitrogen and oxygen atoms in total. The zero-order valence-electron chi connectivity index (χ0n) is 15.8. The summed E-state index contributed by atoms with van der Waals surface area (Å²) < 4.78 is 38.7. The second-order valence-corrected chi connectivity index (χ2v) is 9.44. The molecule has 0 aromatic heterocycles. The van der Waals surface area contributed by atoms with Crippen molar-refractivity contribution in [2.24, 2.45) is 10.1 Å². The van der Waals surface area contributed by atoms with E-state index in [0.717, 1.165) is 12.8 Å².